The van der Waals surface area contributed by atoms with Crippen LogP contribution in [0.15, 0.2) is 52.1 Å². The zero-order valence-corrected chi connectivity index (χ0v) is 17.6. The Hall–Kier alpha value is -2.10. The van der Waals surface area contributed by atoms with Gasteiger partial charge in [-0.25, -0.2) is 18.4 Å². The van der Waals surface area contributed by atoms with Gasteiger partial charge in [-0.1, -0.05) is 18.2 Å². The van der Waals surface area contributed by atoms with Crippen molar-refractivity contribution in [1.29, 1.82) is 0 Å². The van der Waals surface area contributed by atoms with E-state index in [-0.39, 0.29) is 23.6 Å². The first-order chi connectivity index (χ1) is 13.4. The van der Waals surface area contributed by atoms with E-state index in [0.717, 1.165) is 22.0 Å². The molecule has 2 aromatic heterocycles. The molecule has 0 aliphatic carbocycles. The molecule has 1 saturated heterocycles. The van der Waals surface area contributed by atoms with Crippen molar-refractivity contribution in [2.45, 2.75) is 30.8 Å². The van der Waals surface area contributed by atoms with Gasteiger partial charge in [0.15, 0.2) is 0 Å². The predicted molar refractivity (Wildman–Crippen MR) is 109 cm³/mol. The molecule has 0 N–H and O–H groups in total. The van der Waals surface area contributed by atoms with Gasteiger partial charge in [0, 0.05) is 30.0 Å². The van der Waals surface area contributed by atoms with Gasteiger partial charge in [-0.2, -0.15) is 4.31 Å². The molecule has 0 bridgehead atoms. The van der Waals surface area contributed by atoms with Crippen molar-refractivity contribution in [2.24, 2.45) is 0 Å². The van der Waals surface area contributed by atoms with Crippen LogP contribution in [0.25, 0.3) is 10.9 Å². The first-order valence-corrected chi connectivity index (χ1v) is 11.2. The highest BCUT2D eigenvalue weighted by atomic mass is 79.9. The van der Waals surface area contributed by atoms with Crippen molar-refractivity contribution in [3.63, 3.8) is 0 Å². The van der Waals surface area contributed by atoms with Crippen LogP contribution in [0, 0.1) is 6.92 Å². The number of nitrogens with zero attached hydrogens (tertiary/aromatic N) is 4. The molecule has 28 heavy (non-hydrogen) atoms. The molecular formula is C19H19BrN4O3S. The van der Waals surface area contributed by atoms with Crippen molar-refractivity contribution in [2.75, 3.05) is 13.1 Å². The Morgan fingerprint density at radius 1 is 1.18 bits per heavy atom. The summed E-state index contributed by atoms with van der Waals surface area (Å²) in [5, 5.41) is 0.805. The Morgan fingerprint density at radius 2 is 1.96 bits per heavy atom. The van der Waals surface area contributed by atoms with Crippen LogP contribution in [-0.4, -0.2) is 46.9 Å². The van der Waals surface area contributed by atoms with Crippen LogP contribution in [0.5, 0.6) is 6.01 Å². The second kappa shape index (κ2) is 7.73. The average molecular weight is 463 g/mol. The molecule has 0 radical (unpaired) electrons. The Balaban J connectivity index is 1.61. The Labute approximate surface area is 172 Å². The van der Waals surface area contributed by atoms with Gasteiger partial charge < -0.3 is 4.74 Å². The summed E-state index contributed by atoms with van der Waals surface area (Å²) in [4.78, 5) is 12.9. The van der Waals surface area contributed by atoms with E-state index in [1.54, 1.807) is 24.5 Å². The van der Waals surface area contributed by atoms with Crippen LogP contribution in [-0.2, 0) is 10.0 Å². The first-order valence-electron chi connectivity index (χ1n) is 8.94. The number of hydrogen-bond acceptors (Lipinski definition) is 6. The number of benzene rings is 1. The lowest BCUT2D eigenvalue weighted by atomic mass is 10.1. The molecule has 1 aromatic carbocycles. The van der Waals surface area contributed by atoms with Crippen molar-refractivity contribution in [3.05, 3.63) is 52.9 Å². The van der Waals surface area contributed by atoms with E-state index in [1.165, 1.54) is 4.31 Å². The van der Waals surface area contributed by atoms with E-state index >= 15 is 0 Å². The van der Waals surface area contributed by atoms with Gasteiger partial charge in [0.05, 0.1) is 16.5 Å². The third kappa shape index (κ3) is 3.87. The molecule has 1 atom stereocenters. The number of para-hydroxylation sites is 1. The molecule has 1 fully saturated rings. The molecule has 1 aliphatic heterocycles. The minimum atomic E-state index is -3.69. The highest BCUT2D eigenvalue weighted by molar-refractivity contribution is 9.10. The van der Waals surface area contributed by atoms with Gasteiger partial charge in [-0.15, -0.1) is 0 Å². The summed E-state index contributed by atoms with van der Waals surface area (Å²) in [6, 6.07) is 9.25. The molecule has 4 rings (SSSR count). The summed E-state index contributed by atoms with van der Waals surface area (Å²) in [6.07, 6.45) is 4.36. The third-order valence-electron chi connectivity index (χ3n) is 4.65. The maximum Gasteiger partial charge on any atom is 0.316 e. The number of fused-ring (bicyclic) bond motifs is 1. The van der Waals surface area contributed by atoms with Gasteiger partial charge >= 0.3 is 6.01 Å². The Bertz CT molecular complexity index is 1110. The number of halogens is 1. The van der Waals surface area contributed by atoms with E-state index < -0.39 is 10.0 Å². The zero-order chi connectivity index (χ0) is 19.7. The molecule has 146 valence electrons. The first kappa shape index (κ1) is 19.2. The number of piperidine rings is 1. The van der Waals surface area contributed by atoms with Crippen LogP contribution < -0.4 is 4.74 Å². The Kier molecular flexibility index (Phi) is 5.31. The second-order valence-electron chi connectivity index (χ2n) is 6.71. The molecule has 0 spiro atoms. The largest absolute Gasteiger partial charge is 0.459 e. The maximum atomic E-state index is 13.3. The van der Waals surface area contributed by atoms with Crippen molar-refractivity contribution in [1.82, 2.24) is 19.3 Å². The fourth-order valence-electron chi connectivity index (χ4n) is 3.29. The van der Waals surface area contributed by atoms with Gasteiger partial charge in [-0.3, -0.25) is 4.98 Å². The van der Waals surface area contributed by atoms with Crippen LogP contribution in [0.4, 0.5) is 0 Å². The molecule has 7 nitrogen and oxygen atoms in total. The van der Waals surface area contributed by atoms with Gasteiger partial charge in [0.1, 0.15) is 11.0 Å². The van der Waals surface area contributed by atoms with Crippen LogP contribution in [0.2, 0.25) is 0 Å². The highest BCUT2D eigenvalue weighted by Crippen LogP contribution is 2.27. The second-order valence-corrected chi connectivity index (χ2v) is 9.53. The van der Waals surface area contributed by atoms with E-state index in [0.29, 0.717) is 18.5 Å². The smallest absolute Gasteiger partial charge is 0.316 e. The number of rotatable bonds is 4. The van der Waals surface area contributed by atoms with Crippen molar-refractivity contribution < 1.29 is 13.2 Å². The van der Waals surface area contributed by atoms with Gasteiger partial charge in [-0.05, 0) is 47.8 Å². The van der Waals surface area contributed by atoms with Crippen LogP contribution >= 0.6 is 15.9 Å². The summed E-state index contributed by atoms with van der Waals surface area (Å²) < 4.78 is 34.7. The number of hydrogen-bond donors (Lipinski definition) is 0. The molecule has 0 amide bonds. The molecular weight excluding hydrogens is 444 g/mol. The standard InChI is InChI=1S/C19H19BrN4O3S/c1-13-7-8-14-4-2-6-17(18(14)23-13)28(25,26)24-9-3-5-16(12-24)27-19-21-10-15(20)11-22-19/h2,4,6-8,10-11,16H,3,5,9,12H2,1H3. The van der Waals surface area contributed by atoms with E-state index in [2.05, 4.69) is 30.9 Å². The van der Waals surface area contributed by atoms with Crippen molar-refractivity contribution >= 4 is 36.9 Å². The summed E-state index contributed by atoms with van der Waals surface area (Å²) >= 11 is 3.28. The predicted octanol–water partition coefficient (Wildman–Crippen LogP) is 3.33. The van der Waals surface area contributed by atoms with Crippen LogP contribution in [0.3, 0.4) is 0 Å². The number of sulfonamides is 1. The van der Waals surface area contributed by atoms with Gasteiger partial charge in [0.2, 0.25) is 10.0 Å². The summed E-state index contributed by atoms with van der Waals surface area (Å²) in [6.45, 7) is 2.56. The topological polar surface area (TPSA) is 85.3 Å². The molecule has 1 aliphatic rings. The Morgan fingerprint density at radius 3 is 2.75 bits per heavy atom. The summed E-state index contributed by atoms with van der Waals surface area (Å²) in [7, 11) is -3.69. The van der Waals surface area contributed by atoms with Crippen LogP contribution in [0.1, 0.15) is 18.5 Å². The quantitative estimate of drug-likeness (QED) is 0.590. The number of pyridine rings is 1. The fraction of sp³-hybridized carbons (Fsp3) is 0.316. The number of aromatic nitrogens is 3. The van der Waals surface area contributed by atoms with E-state index in [9.17, 15) is 8.42 Å². The molecule has 1 unspecified atom stereocenters. The lowest BCUT2D eigenvalue weighted by Crippen LogP contribution is -2.44. The van der Waals surface area contributed by atoms with Crippen molar-refractivity contribution in [3.8, 4) is 6.01 Å². The van der Waals surface area contributed by atoms with Gasteiger partial charge in [0.25, 0.3) is 0 Å². The summed E-state index contributed by atoms with van der Waals surface area (Å²) in [5.41, 5.74) is 1.28. The normalized spacial score (nSPS) is 18.3. The molecule has 3 aromatic rings. The van der Waals surface area contributed by atoms with E-state index in [4.69, 9.17) is 4.74 Å². The fourth-order valence-corrected chi connectivity index (χ4v) is 5.17. The zero-order valence-electron chi connectivity index (χ0n) is 15.2. The lowest BCUT2D eigenvalue weighted by molar-refractivity contribution is 0.119. The average Bonchev–Trinajstić information content (AvgIpc) is 2.69. The monoisotopic (exact) mass is 462 g/mol. The third-order valence-corrected chi connectivity index (χ3v) is 6.96. The minimum absolute atomic E-state index is 0.231. The summed E-state index contributed by atoms with van der Waals surface area (Å²) in [5.74, 6) is 0. The molecule has 9 heteroatoms. The number of ether oxygens (including phenoxy) is 1. The highest BCUT2D eigenvalue weighted by Gasteiger charge is 2.33. The maximum absolute atomic E-state index is 13.3. The minimum Gasteiger partial charge on any atom is -0.459 e. The van der Waals surface area contributed by atoms with E-state index in [1.807, 2.05) is 25.1 Å². The molecule has 3 heterocycles. The number of aryl methyl sites for hydroxylation is 1. The molecule has 0 saturated carbocycles. The SMILES string of the molecule is Cc1ccc2cccc(S(=O)(=O)N3CCCC(Oc4ncc(Br)cn4)C3)c2n1. The lowest BCUT2D eigenvalue weighted by Gasteiger charge is -2.31.